The number of para-hydroxylation sites is 1. The second-order valence-corrected chi connectivity index (χ2v) is 6.05. The molecule has 5 heteroatoms. The number of nitrogens with zero attached hydrogens (tertiary/aromatic N) is 1. The van der Waals surface area contributed by atoms with Crippen LogP contribution in [0.2, 0.25) is 0 Å². The molecule has 0 bridgehead atoms. The van der Waals surface area contributed by atoms with E-state index >= 15 is 0 Å². The number of nitrogens with one attached hydrogen (secondary N) is 1. The molecule has 2 rings (SSSR count). The van der Waals surface area contributed by atoms with Crippen LogP contribution < -0.4 is 10.2 Å². The second-order valence-electron chi connectivity index (χ2n) is 5.19. The van der Waals surface area contributed by atoms with Crippen LogP contribution in [0.25, 0.3) is 0 Å². The molecule has 0 saturated heterocycles. The van der Waals surface area contributed by atoms with Gasteiger partial charge in [-0.25, -0.2) is 4.79 Å². The standard InChI is InChI=1S/C13H17BrN2O2/c1-13(2,3)18-12(17)16-8-7-15-11-9(14)5-4-6-10(11)16/h4-6,15H,7-8H2,1-3H3. The van der Waals surface area contributed by atoms with Gasteiger partial charge in [-0.05, 0) is 48.8 Å². The number of halogens is 1. The normalized spacial score (nSPS) is 14.8. The molecule has 0 unspecified atom stereocenters. The van der Waals surface area contributed by atoms with E-state index in [1.165, 1.54) is 0 Å². The van der Waals surface area contributed by atoms with E-state index in [1.54, 1.807) is 4.90 Å². The Morgan fingerprint density at radius 1 is 1.44 bits per heavy atom. The molecule has 1 heterocycles. The molecule has 0 saturated carbocycles. The predicted octanol–water partition coefficient (Wildman–Crippen LogP) is 3.62. The fourth-order valence-corrected chi connectivity index (χ4v) is 2.33. The fraction of sp³-hybridized carbons (Fsp3) is 0.462. The van der Waals surface area contributed by atoms with Crippen molar-refractivity contribution in [2.75, 3.05) is 23.3 Å². The van der Waals surface area contributed by atoms with Crippen LogP contribution >= 0.6 is 15.9 Å². The monoisotopic (exact) mass is 312 g/mol. The van der Waals surface area contributed by atoms with E-state index < -0.39 is 5.60 Å². The Labute approximate surface area is 115 Å². The molecule has 0 spiro atoms. The van der Waals surface area contributed by atoms with Crippen LogP contribution in [0.3, 0.4) is 0 Å². The molecular weight excluding hydrogens is 296 g/mol. The van der Waals surface area contributed by atoms with E-state index in [1.807, 2.05) is 39.0 Å². The largest absolute Gasteiger partial charge is 0.443 e. The number of amides is 1. The Bertz CT molecular complexity index is 469. The number of carbonyl (C=O) groups excluding carboxylic acids is 1. The Balaban J connectivity index is 2.28. The lowest BCUT2D eigenvalue weighted by Crippen LogP contribution is -2.42. The van der Waals surface area contributed by atoms with E-state index in [2.05, 4.69) is 21.2 Å². The van der Waals surface area contributed by atoms with Gasteiger partial charge in [-0.1, -0.05) is 6.07 Å². The van der Waals surface area contributed by atoms with Gasteiger partial charge in [0, 0.05) is 17.6 Å². The summed E-state index contributed by atoms with van der Waals surface area (Å²) >= 11 is 3.48. The van der Waals surface area contributed by atoms with Crippen molar-refractivity contribution in [2.45, 2.75) is 26.4 Å². The van der Waals surface area contributed by atoms with Crippen molar-refractivity contribution >= 4 is 33.4 Å². The first-order valence-corrected chi connectivity index (χ1v) is 6.71. The van der Waals surface area contributed by atoms with E-state index in [-0.39, 0.29) is 6.09 Å². The number of ether oxygens (including phenoxy) is 1. The molecule has 1 aromatic carbocycles. The highest BCUT2D eigenvalue weighted by Gasteiger charge is 2.27. The van der Waals surface area contributed by atoms with E-state index in [9.17, 15) is 4.79 Å². The maximum absolute atomic E-state index is 12.1. The third kappa shape index (κ3) is 2.77. The number of carbonyl (C=O) groups is 1. The smallest absolute Gasteiger partial charge is 0.414 e. The van der Waals surface area contributed by atoms with Crippen LogP contribution in [-0.2, 0) is 4.74 Å². The lowest BCUT2D eigenvalue weighted by atomic mass is 10.2. The van der Waals surface area contributed by atoms with Crippen molar-refractivity contribution in [3.05, 3.63) is 22.7 Å². The Hall–Kier alpha value is -1.23. The quantitative estimate of drug-likeness (QED) is 0.795. The molecule has 1 aromatic rings. The number of rotatable bonds is 0. The first-order chi connectivity index (χ1) is 8.38. The highest BCUT2D eigenvalue weighted by Crippen LogP contribution is 2.36. The van der Waals surface area contributed by atoms with Crippen LogP contribution in [0.4, 0.5) is 16.2 Å². The molecule has 1 aliphatic rings. The van der Waals surface area contributed by atoms with Gasteiger partial charge in [0.25, 0.3) is 0 Å². The first kappa shape index (κ1) is 13.2. The van der Waals surface area contributed by atoms with Crippen LogP contribution in [0, 0.1) is 0 Å². The van der Waals surface area contributed by atoms with E-state index in [0.717, 1.165) is 22.4 Å². The maximum Gasteiger partial charge on any atom is 0.414 e. The molecule has 0 radical (unpaired) electrons. The molecule has 0 fully saturated rings. The molecule has 98 valence electrons. The van der Waals surface area contributed by atoms with Crippen molar-refractivity contribution in [3.63, 3.8) is 0 Å². The molecular formula is C13H17BrN2O2. The lowest BCUT2D eigenvalue weighted by Gasteiger charge is -2.32. The van der Waals surface area contributed by atoms with E-state index in [4.69, 9.17) is 4.74 Å². The van der Waals surface area contributed by atoms with Crippen molar-refractivity contribution in [1.82, 2.24) is 0 Å². The summed E-state index contributed by atoms with van der Waals surface area (Å²) in [7, 11) is 0. The SMILES string of the molecule is CC(C)(C)OC(=O)N1CCNc2c(Br)cccc21. The summed E-state index contributed by atoms with van der Waals surface area (Å²) in [6, 6.07) is 5.77. The summed E-state index contributed by atoms with van der Waals surface area (Å²) in [5.74, 6) is 0. The first-order valence-electron chi connectivity index (χ1n) is 5.91. The minimum Gasteiger partial charge on any atom is -0.443 e. The van der Waals surface area contributed by atoms with Gasteiger partial charge in [-0.15, -0.1) is 0 Å². The molecule has 0 aromatic heterocycles. The molecule has 4 nitrogen and oxygen atoms in total. The summed E-state index contributed by atoms with van der Waals surface area (Å²) in [6.45, 7) is 6.94. The van der Waals surface area contributed by atoms with Gasteiger partial charge in [-0.3, -0.25) is 4.90 Å². The fourth-order valence-electron chi connectivity index (χ4n) is 1.83. The van der Waals surface area contributed by atoms with Crippen molar-refractivity contribution in [3.8, 4) is 0 Å². The van der Waals surface area contributed by atoms with Gasteiger partial charge in [0.05, 0.1) is 11.4 Å². The minimum atomic E-state index is -0.478. The van der Waals surface area contributed by atoms with Crippen molar-refractivity contribution < 1.29 is 9.53 Å². The summed E-state index contributed by atoms with van der Waals surface area (Å²) in [4.78, 5) is 13.8. The number of hydrogen-bond donors (Lipinski definition) is 1. The van der Waals surface area contributed by atoms with Crippen LogP contribution in [0.1, 0.15) is 20.8 Å². The summed E-state index contributed by atoms with van der Waals surface area (Å²) in [5.41, 5.74) is 1.31. The van der Waals surface area contributed by atoms with Gasteiger partial charge < -0.3 is 10.1 Å². The third-order valence-corrected chi connectivity index (χ3v) is 3.19. The number of fused-ring (bicyclic) bond motifs is 1. The molecule has 0 atom stereocenters. The Morgan fingerprint density at radius 2 is 2.17 bits per heavy atom. The summed E-state index contributed by atoms with van der Waals surface area (Å²) in [6.07, 6.45) is -0.302. The van der Waals surface area contributed by atoms with Gasteiger partial charge in [0.1, 0.15) is 5.60 Å². The minimum absolute atomic E-state index is 0.302. The molecule has 1 amide bonds. The summed E-state index contributed by atoms with van der Waals surface area (Å²) in [5, 5.41) is 3.28. The third-order valence-electron chi connectivity index (χ3n) is 2.53. The Kier molecular flexibility index (Phi) is 3.52. The zero-order valence-corrected chi connectivity index (χ0v) is 12.4. The Morgan fingerprint density at radius 3 is 2.83 bits per heavy atom. The zero-order valence-electron chi connectivity index (χ0n) is 10.8. The maximum atomic E-state index is 12.1. The molecule has 1 N–H and O–H groups in total. The predicted molar refractivity (Wildman–Crippen MR) is 76.2 cm³/mol. The zero-order chi connectivity index (χ0) is 13.3. The van der Waals surface area contributed by atoms with Gasteiger partial charge in [0.2, 0.25) is 0 Å². The van der Waals surface area contributed by atoms with Crippen LogP contribution in [0.15, 0.2) is 22.7 Å². The number of benzene rings is 1. The van der Waals surface area contributed by atoms with Crippen LogP contribution in [0.5, 0.6) is 0 Å². The van der Waals surface area contributed by atoms with Crippen molar-refractivity contribution in [2.24, 2.45) is 0 Å². The van der Waals surface area contributed by atoms with E-state index in [0.29, 0.717) is 6.54 Å². The number of anilines is 2. The number of hydrogen-bond acceptors (Lipinski definition) is 3. The van der Waals surface area contributed by atoms with Crippen molar-refractivity contribution in [1.29, 1.82) is 0 Å². The average molecular weight is 313 g/mol. The lowest BCUT2D eigenvalue weighted by molar-refractivity contribution is 0.0581. The average Bonchev–Trinajstić information content (AvgIpc) is 2.26. The topological polar surface area (TPSA) is 41.6 Å². The highest BCUT2D eigenvalue weighted by molar-refractivity contribution is 9.10. The van der Waals surface area contributed by atoms with Gasteiger partial charge in [-0.2, -0.15) is 0 Å². The molecule has 0 aliphatic carbocycles. The van der Waals surface area contributed by atoms with Gasteiger partial charge in [0.15, 0.2) is 0 Å². The van der Waals surface area contributed by atoms with Crippen LogP contribution in [-0.4, -0.2) is 24.8 Å². The highest BCUT2D eigenvalue weighted by atomic mass is 79.9. The molecule has 1 aliphatic heterocycles. The second kappa shape index (κ2) is 4.80. The molecule has 18 heavy (non-hydrogen) atoms. The van der Waals surface area contributed by atoms with Gasteiger partial charge >= 0.3 is 6.09 Å². The summed E-state index contributed by atoms with van der Waals surface area (Å²) < 4.78 is 6.37.